The number of rotatable bonds is 2. The van der Waals surface area contributed by atoms with Crippen LogP contribution in [0.25, 0.3) is 11.1 Å². The van der Waals surface area contributed by atoms with Crippen molar-refractivity contribution in [2.24, 2.45) is 10.7 Å². The standard InChI is InChI=1S/C24H26ClN3O3/c1-3-15-5-7-17(25)12-18(15)16-6-8-20-19(11-16)24(21(29)28(2)22(26)27-24)13-23(31-20)9-4-10-30-14-23/h5-8,11-12H,3-4,9-10,13-14H2,1-2H3,(H2,26,27). The molecular weight excluding hydrogens is 414 g/mol. The summed E-state index contributed by atoms with van der Waals surface area (Å²) in [6, 6.07) is 11.9. The summed E-state index contributed by atoms with van der Waals surface area (Å²) in [6.07, 6.45) is 2.99. The minimum absolute atomic E-state index is 0.126. The molecule has 1 saturated heterocycles. The molecule has 5 rings (SSSR count). The van der Waals surface area contributed by atoms with Gasteiger partial charge in [-0.3, -0.25) is 9.69 Å². The molecule has 1 fully saturated rings. The molecule has 2 aromatic carbocycles. The number of fused-ring (bicyclic) bond motifs is 2. The Kier molecular flexibility index (Phi) is 4.75. The number of nitrogens with two attached hydrogens (primary N) is 1. The number of carbonyl (C=O) groups excluding carboxylic acids is 1. The van der Waals surface area contributed by atoms with Crippen molar-refractivity contribution in [1.29, 1.82) is 0 Å². The van der Waals surface area contributed by atoms with Crippen molar-refractivity contribution < 1.29 is 14.3 Å². The largest absolute Gasteiger partial charge is 0.484 e. The van der Waals surface area contributed by atoms with Gasteiger partial charge in [-0.2, -0.15) is 0 Å². The summed E-state index contributed by atoms with van der Waals surface area (Å²) in [7, 11) is 1.67. The molecule has 3 heterocycles. The van der Waals surface area contributed by atoms with E-state index in [0.29, 0.717) is 30.4 Å². The molecule has 0 aromatic heterocycles. The highest BCUT2D eigenvalue weighted by Gasteiger charge is 2.58. The molecule has 2 spiro atoms. The van der Waals surface area contributed by atoms with E-state index >= 15 is 0 Å². The Morgan fingerprint density at radius 1 is 1.26 bits per heavy atom. The number of ether oxygens (including phenoxy) is 2. The number of halogens is 1. The highest BCUT2D eigenvalue weighted by Crippen LogP contribution is 2.52. The van der Waals surface area contributed by atoms with Crippen LogP contribution in [0, 0.1) is 0 Å². The van der Waals surface area contributed by atoms with E-state index in [4.69, 9.17) is 31.8 Å². The van der Waals surface area contributed by atoms with E-state index in [1.807, 2.05) is 36.4 Å². The lowest BCUT2D eigenvalue weighted by atomic mass is 9.73. The number of hydrogen-bond acceptors (Lipinski definition) is 5. The van der Waals surface area contributed by atoms with E-state index in [-0.39, 0.29) is 11.9 Å². The number of hydrogen-bond donors (Lipinski definition) is 1. The maximum Gasteiger partial charge on any atom is 0.261 e. The molecule has 0 saturated carbocycles. The first-order valence-corrected chi connectivity index (χ1v) is 11.1. The van der Waals surface area contributed by atoms with Gasteiger partial charge < -0.3 is 15.2 Å². The van der Waals surface area contributed by atoms with Gasteiger partial charge in [0.25, 0.3) is 5.91 Å². The van der Waals surface area contributed by atoms with E-state index in [2.05, 4.69) is 6.92 Å². The topological polar surface area (TPSA) is 77.2 Å². The van der Waals surface area contributed by atoms with E-state index in [9.17, 15) is 4.79 Å². The minimum atomic E-state index is -1.10. The smallest absolute Gasteiger partial charge is 0.261 e. The number of nitrogens with zero attached hydrogens (tertiary/aromatic N) is 2. The zero-order valence-electron chi connectivity index (χ0n) is 17.8. The van der Waals surface area contributed by atoms with Crippen LogP contribution in [-0.4, -0.2) is 42.6 Å². The van der Waals surface area contributed by atoms with E-state index in [1.54, 1.807) is 7.05 Å². The zero-order chi connectivity index (χ0) is 21.8. The molecule has 1 amide bonds. The zero-order valence-corrected chi connectivity index (χ0v) is 18.5. The van der Waals surface area contributed by atoms with Crippen LogP contribution in [0.3, 0.4) is 0 Å². The first kappa shape index (κ1) is 20.3. The molecule has 3 aliphatic heterocycles. The molecule has 162 valence electrons. The van der Waals surface area contributed by atoms with Crippen molar-refractivity contribution >= 4 is 23.5 Å². The second kappa shape index (κ2) is 7.24. The molecule has 7 heteroatoms. The second-order valence-corrected chi connectivity index (χ2v) is 9.11. The third kappa shape index (κ3) is 3.12. The monoisotopic (exact) mass is 439 g/mol. The SMILES string of the molecule is CCc1ccc(Cl)cc1-c1ccc2c(c1)C1(CC3(CCCOC3)O2)N=C(N)N(C)C1=O. The van der Waals surface area contributed by atoms with Crippen LogP contribution in [0.1, 0.15) is 37.3 Å². The number of guanidine groups is 1. The Morgan fingerprint density at radius 2 is 2.10 bits per heavy atom. The van der Waals surface area contributed by atoms with Gasteiger partial charge in [0.05, 0.1) is 6.61 Å². The average Bonchev–Trinajstić information content (AvgIpc) is 2.98. The molecule has 2 N–H and O–H groups in total. The van der Waals surface area contributed by atoms with Crippen molar-refractivity contribution in [3.8, 4) is 16.9 Å². The molecule has 0 radical (unpaired) electrons. The first-order chi connectivity index (χ1) is 14.9. The van der Waals surface area contributed by atoms with Gasteiger partial charge in [0.15, 0.2) is 11.5 Å². The Hall–Kier alpha value is -2.57. The van der Waals surface area contributed by atoms with Gasteiger partial charge >= 0.3 is 0 Å². The number of benzene rings is 2. The molecule has 3 aliphatic rings. The number of likely N-dealkylation sites (N-methyl/N-ethyl adjacent to an activating group) is 1. The van der Waals surface area contributed by atoms with Crippen molar-refractivity contribution in [1.82, 2.24) is 4.90 Å². The lowest BCUT2D eigenvalue weighted by Gasteiger charge is -2.46. The molecule has 0 aliphatic carbocycles. The van der Waals surface area contributed by atoms with Crippen LogP contribution in [0.15, 0.2) is 41.4 Å². The number of carbonyl (C=O) groups is 1. The minimum Gasteiger partial charge on any atom is -0.484 e. The van der Waals surface area contributed by atoms with Crippen LogP contribution in [0.5, 0.6) is 5.75 Å². The Balaban J connectivity index is 1.70. The third-order valence-electron chi connectivity index (χ3n) is 6.69. The molecule has 2 unspecified atom stereocenters. The molecular formula is C24H26ClN3O3. The Labute approximate surface area is 187 Å². The van der Waals surface area contributed by atoms with Gasteiger partial charge in [0.1, 0.15) is 11.4 Å². The first-order valence-electron chi connectivity index (χ1n) is 10.7. The molecule has 2 atom stereocenters. The quantitative estimate of drug-likeness (QED) is 0.770. The molecule has 0 bridgehead atoms. The summed E-state index contributed by atoms with van der Waals surface area (Å²) < 4.78 is 12.3. The van der Waals surface area contributed by atoms with Gasteiger partial charge in [-0.1, -0.05) is 30.7 Å². The van der Waals surface area contributed by atoms with E-state index in [1.165, 1.54) is 10.5 Å². The summed E-state index contributed by atoms with van der Waals surface area (Å²) in [5.41, 5.74) is 8.41. The van der Waals surface area contributed by atoms with Crippen LogP contribution in [-0.2, 0) is 21.5 Å². The van der Waals surface area contributed by atoms with Gasteiger partial charge in [0.2, 0.25) is 0 Å². The number of amides is 1. The van der Waals surface area contributed by atoms with Crippen molar-refractivity contribution in [2.75, 3.05) is 20.3 Å². The predicted molar refractivity (Wildman–Crippen MR) is 120 cm³/mol. The number of aliphatic imine (C=N–C) groups is 1. The fourth-order valence-electron chi connectivity index (χ4n) is 5.10. The average molecular weight is 440 g/mol. The highest BCUT2D eigenvalue weighted by atomic mass is 35.5. The van der Waals surface area contributed by atoms with Crippen LogP contribution >= 0.6 is 11.6 Å². The maximum atomic E-state index is 13.5. The highest BCUT2D eigenvalue weighted by molar-refractivity contribution is 6.30. The maximum absolute atomic E-state index is 13.5. The lowest BCUT2D eigenvalue weighted by molar-refractivity contribution is -0.139. The van der Waals surface area contributed by atoms with Gasteiger partial charge in [0, 0.05) is 30.7 Å². The number of aryl methyl sites for hydroxylation is 1. The van der Waals surface area contributed by atoms with Crippen LogP contribution in [0.4, 0.5) is 0 Å². The van der Waals surface area contributed by atoms with Crippen LogP contribution in [0.2, 0.25) is 5.02 Å². The van der Waals surface area contributed by atoms with Gasteiger partial charge in [-0.15, -0.1) is 0 Å². The summed E-state index contributed by atoms with van der Waals surface area (Å²) in [6.45, 7) is 3.26. The molecule has 2 aromatic rings. The Morgan fingerprint density at radius 3 is 2.77 bits per heavy atom. The normalized spacial score (nSPS) is 27.4. The van der Waals surface area contributed by atoms with Crippen molar-refractivity contribution in [3.63, 3.8) is 0 Å². The predicted octanol–water partition coefficient (Wildman–Crippen LogP) is 3.88. The van der Waals surface area contributed by atoms with E-state index in [0.717, 1.165) is 36.0 Å². The third-order valence-corrected chi connectivity index (χ3v) is 6.92. The molecule has 31 heavy (non-hydrogen) atoms. The fraction of sp³-hybridized carbons (Fsp3) is 0.417. The van der Waals surface area contributed by atoms with Crippen molar-refractivity contribution in [2.45, 2.75) is 43.7 Å². The van der Waals surface area contributed by atoms with E-state index < -0.39 is 11.1 Å². The summed E-state index contributed by atoms with van der Waals surface area (Å²) in [5, 5.41) is 0.674. The van der Waals surface area contributed by atoms with Gasteiger partial charge in [-0.05, 0) is 60.2 Å². The van der Waals surface area contributed by atoms with Crippen molar-refractivity contribution in [3.05, 3.63) is 52.5 Å². The van der Waals surface area contributed by atoms with Crippen LogP contribution < -0.4 is 10.5 Å². The summed E-state index contributed by atoms with van der Waals surface area (Å²) in [5.74, 6) is 0.770. The lowest BCUT2D eigenvalue weighted by Crippen LogP contribution is -2.55. The summed E-state index contributed by atoms with van der Waals surface area (Å²) in [4.78, 5) is 19.7. The summed E-state index contributed by atoms with van der Waals surface area (Å²) >= 11 is 6.31. The van der Waals surface area contributed by atoms with Gasteiger partial charge in [-0.25, -0.2) is 4.99 Å². The Bertz CT molecular complexity index is 1090. The fourth-order valence-corrected chi connectivity index (χ4v) is 5.28. The molecule has 6 nitrogen and oxygen atoms in total. The second-order valence-electron chi connectivity index (χ2n) is 8.68.